The Morgan fingerprint density at radius 1 is 1.15 bits per heavy atom. The van der Waals surface area contributed by atoms with E-state index in [0.717, 1.165) is 19.3 Å². The largest absolute Gasteiger partial charge is 0.347 e. The summed E-state index contributed by atoms with van der Waals surface area (Å²) in [5.41, 5.74) is 0. The highest BCUT2D eigenvalue weighted by atomic mass is 35.5. The first-order valence-corrected chi connectivity index (χ1v) is 5.58. The van der Waals surface area contributed by atoms with E-state index in [4.69, 9.17) is 32.7 Å². The van der Waals surface area contributed by atoms with E-state index in [-0.39, 0.29) is 5.92 Å². The second-order valence-electron chi connectivity index (χ2n) is 4.16. The molecule has 0 aromatic carbocycles. The first-order valence-electron chi connectivity index (χ1n) is 4.82. The van der Waals surface area contributed by atoms with E-state index < -0.39 is 10.1 Å². The van der Waals surface area contributed by atoms with Gasteiger partial charge in [0.1, 0.15) is 4.33 Å². The monoisotopic (exact) mass is 222 g/mol. The lowest BCUT2D eigenvalue weighted by atomic mass is 9.94. The van der Waals surface area contributed by atoms with Crippen molar-refractivity contribution in [2.45, 2.75) is 29.4 Å². The van der Waals surface area contributed by atoms with Crippen LogP contribution in [0.1, 0.15) is 19.3 Å². The molecule has 4 heteroatoms. The first kappa shape index (κ1) is 8.78. The molecule has 2 aliphatic carbocycles. The normalized spacial score (nSPS) is 44.8. The van der Waals surface area contributed by atoms with Gasteiger partial charge in [0.25, 0.3) is 0 Å². The van der Waals surface area contributed by atoms with Crippen LogP contribution in [-0.4, -0.2) is 23.3 Å². The SMILES string of the molecule is ClC1(Cl)[C@@H]2[C@@H]1CCCC21OCCO1. The van der Waals surface area contributed by atoms with Gasteiger partial charge in [-0.25, -0.2) is 0 Å². The molecule has 1 heterocycles. The Morgan fingerprint density at radius 2 is 1.85 bits per heavy atom. The van der Waals surface area contributed by atoms with Crippen molar-refractivity contribution in [1.29, 1.82) is 0 Å². The van der Waals surface area contributed by atoms with Crippen molar-refractivity contribution in [2.75, 3.05) is 13.2 Å². The maximum absolute atomic E-state index is 6.19. The van der Waals surface area contributed by atoms with Crippen LogP contribution in [0.2, 0.25) is 0 Å². The summed E-state index contributed by atoms with van der Waals surface area (Å²) in [6.07, 6.45) is 3.18. The molecule has 74 valence electrons. The fourth-order valence-electron chi connectivity index (χ4n) is 2.87. The molecule has 2 nitrogen and oxygen atoms in total. The number of fused-ring (bicyclic) bond motifs is 2. The standard InChI is InChI=1S/C9H12Cl2O2/c10-9(11)6-2-1-3-8(7(6)9)12-4-5-13-8/h6-7H,1-5H2/t6-,7+/m0/s1. The van der Waals surface area contributed by atoms with Crippen molar-refractivity contribution < 1.29 is 9.47 Å². The third kappa shape index (κ3) is 1.03. The summed E-state index contributed by atoms with van der Waals surface area (Å²) in [5.74, 6) is 0.175. The Hall–Kier alpha value is 0.500. The Bertz CT molecular complexity index is 236. The molecule has 0 aromatic rings. The molecule has 3 aliphatic rings. The smallest absolute Gasteiger partial charge is 0.174 e. The fraction of sp³-hybridized carbons (Fsp3) is 1.00. The van der Waals surface area contributed by atoms with Crippen molar-refractivity contribution >= 4 is 23.2 Å². The molecule has 0 bridgehead atoms. The third-order valence-corrected chi connectivity index (χ3v) is 4.52. The van der Waals surface area contributed by atoms with Crippen LogP contribution in [0.3, 0.4) is 0 Å². The van der Waals surface area contributed by atoms with E-state index in [9.17, 15) is 0 Å². The maximum atomic E-state index is 6.19. The average molecular weight is 223 g/mol. The first-order chi connectivity index (χ1) is 6.17. The highest BCUT2D eigenvalue weighted by Crippen LogP contribution is 2.70. The highest BCUT2D eigenvalue weighted by molar-refractivity contribution is 6.51. The van der Waals surface area contributed by atoms with Gasteiger partial charge in [-0.15, -0.1) is 23.2 Å². The summed E-state index contributed by atoms with van der Waals surface area (Å²) in [6.45, 7) is 1.38. The lowest BCUT2D eigenvalue weighted by Crippen LogP contribution is -2.36. The maximum Gasteiger partial charge on any atom is 0.174 e. The predicted molar refractivity (Wildman–Crippen MR) is 49.9 cm³/mol. The van der Waals surface area contributed by atoms with Crippen molar-refractivity contribution in [1.82, 2.24) is 0 Å². The number of halogens is 2. The Morgan fingerprint density at radius 3 is 2.54 bits per heavy atom. The van der Waals surface area contributed by atoms with Crippen LogP contribution in [0.5, 0.6) is 0 Å². The van der Waals surface area contributed by atoms with Crippen molar-refractivity contribution in [3.05, 3.63) is 0 Å². The van der Waals surface area contributed by atoms with Gasteiger partial charge in [0, 0.05) is 12.3 Å². The van der Waals surface area contributed by atoms with Gasteiger partial charge in [0.15, 0.2) is 5.79 Å². The van der Waals surface area contributed by atoms with Crippen LogP contribution >= 0.6 is 23.2 Å². The van der Waals surface area contributed by atoms with Crippen LogP contribution < -0.4 is 0 Å². The molecule has 0 N–H and O–H groups in total. The summed E-state index contributed by atoms with van der Waals surface area (Å²) in [4.78, 5) is 0. The molecule has 1 aliphatic heterocycles. The second kappa shape index (κ2) is 2.54. The summed E-state index contributed by atoms with van der Waals surface area (Å²) in [5, 5.41) is 0. The molecular formula is C9H12Cl2O2. The Kier molecular flexibility index (Phi) is 1.72. The summed E-state index contributed by atoms with van der Waals surface area (Å²) in [6, 6.07) is 0. The lowest BCUT2D eigenvalue weighted by Gasteiger charge is -2.30. The Balaban J connectivity index is 1.89. The second-order valence-corrected chi connectivity index (χ2v) is 5.60. The van der Waals surface area contributed by atoms with Crippen LogP contribution in [0.15, 0.2) is 0 Å². The van der Waals surface area contributed by atoms with Gasteiger partial charge >= 0.3 is 0 Å². The predicted octanol–water partition coefficient (Wildman–Crippen LogP) is 2.33. The lowest BCUT2D eigenvalue weighted by molar-refractivity contribution is -0.189. The third-order valence-electron chi connectivity index (χ3n) is 3.49. The molecule has 3 fully saturated rings. The minimum atomic E-state index is -0.582. The number of rotatable bonds is 0. The van der Waals surface area contributed by atoms with Gasteiger partial charge in [-0.2, -0.15) is 0 Å². The molecule has 0 aromatic heterocycles. The van der Waals surface area contributed by atoms with E-state index >= 15 is 0 Å². The van der Waals surface area contributed by atoms with Gasteiger partial charge in [0.05, 0.1) is 19.1 Å². The molecule has 0 unspecified atom stereocenters. The number of alkyl halides is 2. The van der Waals surface area contributed by atoms with E-state index in [1.54, 1.807) is 0 Å². The zero-order chi connectivity index (χ0) is 9.10. The summed E-state index contributed by atoms with van der Waals surface area (Å²) in [7, 11) is 0. The Labute approximate surface area is 87.5 Å². The molecule has 2 saturated carbocycles. The molecule has 1 spiro atoms. The molecule has 1 saturated heterocycles. The number of hydrogen-bond acceptors (Lipinski definition) is 2. The van der Waals surface area contributed by atoms with E-state index in [1.807, 2.05) is 0 Å². The number of hydrogen-bond donors (Lipinski definition) is 0. The minimum absolute atomic E-state index is 0.208. The van der Waals surface area contributed by atoms with Crippen molar-refractivity contribution in [2.24, 2.45) is 11.8 Å². The average Bonchev–Trinajstić information content (AvgIpc) is 2.48. The van der Waals surface area contributed by atoms with Crippen LogP contribution in [-0.2, 0) is 9.47 Å². The van der Waals surface area contributed by atoms with Gasteiger partial charge in [-0.05, 0) is 12.8 Å². The zero-order valence-electron chi connectivity index (χ0n) is 7.26. The van der Waals surface area contributed by atoms with Crippen LogP contribution in [0, 0.1) is 11.8 Å². The molecule has 2 atom stereocenters. The van der Waals surface area contributed by atoms with Crippen LogP contribution in [0.4, 0.5) is 0 Å². The summed E-state index contributed by atoms with van der Waals surface area (Å²) < 4.78 is 10.8. The number of ether oxygens (including phenoxy) is 2. The zero-order valence-corrected chi connectivity index (χ0v) is 8.77. The molecule has 13 heavy (non-hydrogen) atoms. The van der Waals surface area contributed by atoms with E-state index in [2.05, 4.69) is 0 Å². The highest BCUT2D eigenvalue weighted by Gasteiger charge is 2.74. The quantitative estimate of drug-likeness (QED) is 0.587. The van der Waals surface area contributed by atoms with E-state index in [0.29, 0.717) is 19.1 Å². The molecule has 0 radical (unpaired) electrons. The van der Waals surface area contributed by atoms with Crippen molar-refractivity contribution in [3.8, 4) is 0 Å². The topological polar surface area (TPSA) is 18.5 Å². The molecular weight excluding hydrogens is 211 g/mol. The van der Waals surface area contributed by atoms with Gasteiger partial charge < -0.3 is 9.47 Å². The van der Waals surface area contributed by atoms with Gasteiger partial charge in [0.2, 0.25) is 0 Å². The van der Waals surface area contributed by atoms with Crippen molar-refractivity contribution in [3.63, 3.8) is 0 Å². The molecule has 0 amide bonds. The minimum Gasteiger partial charge on any atom is -0.347 e. The fourth-order valence-corrected chi connectivity index (χ4v) is 3.85. The van der Waals surface area contributed by atoms with E-state index in [1.165, 1.54) is 0 Å². The molecule has 3 rings (SSSR count). The summed E-state index contributed by atoms with van der Waals surface area (Å²) >= 11 is 12.4. The van der Waals surface area contributed by atoms with Crippen LogP contribution in [0.25, 0.3) is 0 Å². The van der Waals surface area contributed by atoms with Gasteiger partial charge in [-0.1, -0.05) is 0 Å². The van der Waals surface area contributed by atoms with Gasteiger partial charge in [-0.3, -0.25) is 0 Å².